The van der Waals surface area contributed by atoms with Gasteiger partial charge in [-0.05, 0) is 42.7 Å². The molecule has 2 N–H and O–H groups in total. The fourth-order valence-electron chi connectivity index (χ4n) is 4.82. The summed E-state index contributed by atoms with van der Waals surface area (Å²) in [4.78, 5) is 24.5. The van der Waals surface area contributed by atoms with Crippen molar-refractivity contribution < 1.29 is 32.9 Å². The summed E-state index contributed by atoms with van der Waals surface area (Å²) in [5.74, 6) is -0.0365. The average Bonchev–Trinajstić information content (AvgIpc) is 3.75. The van der Waals surface area contributed by atoms with Crippen LogP contribution < -0.4 is 15.4 Å². The van der Waals surface area contributed by atoms with Gasteiger partial charge in [0.15, 0.2) is 11.6 Å². The van der Waals surface area contributed by atoms with Crippen LogP contribution in [0.15, 0.2) is 54.9 Å². The van der Waals surface area contributed by atoms with E-state index in [4.69, 9.17) is 28.7 Å². The van der Waals surface area contributed by atoms with Gasteiger partial charge in [0.1, 0.15) is 5.75 Å². The average molecular weight is 652 g/mol. The summed E-state index contributed by atoms with van der Waals surface area (Å²) in [5.41, 5.74) is 2.98. The number of benzene rings is 1. The molecular weight excluding hydrogens is 613 g/mol. The minimum atomic E-state index is -0.581. The number of rotatable bonds is 7. The van der Waals surface area contributed by atoms with E-state index < -0.39 is 5.82 Å². The minimum Gasteiger partial charge on any atom is -0.453 e. The van der Waals surface area contributed by atoms with Crippen LogP contribution in [-0.2, 0) is 25.5 Å². The molecule has 1 saturated carbocycles. The van der Waals surface area contributed by atoms with E-state index in [1.165, 1.54) is 23.5 Å². The van der Waals surface area contributed by atoms with Gasteiger partial charge in [-0.1, -0.05) is 6.07 Å². The molecule has 0 radical (unpaired) electrons. The third kappa shape index (κ3) is 9.41. The number of amides is 2. The molecule has 2 fully saturated rings. The van der Waals surface area contributed by atoms with E-state index >= 15 is 0 Å². The predicted octanol–water partition coefficient (Wildman–Crippen LogP) is 5.46. The maximum Gasteiger partial charge on any atom is 0.319 e. The summed E-state index contributed by atoms with van der Waals surface area (Å²) >= 11 is 1.48. The Hall–Kier alpha value is -3.72. The number of ether oxygens (including phenoxy) is 5. The van der Waals surface area contributed by atoms with Crippen LogP contribution in [0.2, 0.25) is 0 Å². The lowest BCUT2D eigenvalue weighted by atomic mass is 10.2. The van der Waals surface area contributed by atoms with Gasteiger partial charge >= 0.3 is 6.03 Å². The number of nitrogens with zero attached hydrogens (tertiary/aromatic N) is 3. The van der Waals surface area contributed by atoms with Crippen LogP contribution in [-0.4, -0.2) is 92.9 Å². The molecule has 4 heterocycles. The van der Waals surface area contributed by atoms with Gasteiger partial charge in [0.05, 0.1) is 73.6 Å². The molecule has 1 saturated heterocycles. The number of hydrogen-bond donors (Lipinski definition) is 2. The maximum absolute atomic E-state index is 15.0. The molecule has 2 aliphatic rings. The van der Waals surface area contributed by atoms with E-state index in [9.17, 15) is 9.18 Å². The van der Waals surface area contributed by atoms with Crippen molar-refractivity contribution in [2.75, 3.05) is 71.3 Å². The fraction of sp³-hybridized carbons (Fsp3) is 0.424. The summed E-state index contributed by atoms with van der Waals surface area (Å²) in [7, 11) is 0. The van der Waals surface area contributed by atoms with E-state index in [1.807, 2.05) is 18.3 Å². The first kappa shape index (κ1) is 32.2. The number of carbonyl (C=O) groups excluding carboxylic acids is 1. The standard InChI is InChI=1S/C33H38FN5O6S/c34-26-19-25(38-33(40)37-24-2-3-24)4-6-29(26)45-30-7-8-35-28-20-31(46-32(28)30)27-5-1-23(21-36-27)22-39-9-11-41-13-15-43-17-18-44-16-14-42-12-10-39/h1,4-8,19-21,24H,2-3,9-18,22H2,(H2,37,38,40). The van der Waals surface area contributed by atoms with Gasteiger partial charge in [-0.15, -0.1) is 11.3 Å². The summed E-state index contributed by atoms with van der Waals surface area (Å²) in [6.45, 7) is 6.77. The van der Waals surface area contributed by atoms with E-state index in [1.54, 1.807) is 18.3 Å². The molecule has 13 heteroatoms. The molecule has 0 spiro atoms. The van der Waals surface area contributed by atoms with Crippen molar-refractivity contribution in [1.29, 1.82) is 0 Å². The first-order valence-corrected chi connectivity index (χ1v) is 16.3. The fourth-order valence-corrected chi connectivity index (χ4v) is 5.86. The van der Waals surface area contributed by atoms with Crippen LogP contribution in [0.4, 0.5) is 14.9 Å². The molecule has 2 amide bonds. The van der Waals surface area contributed by atoms with E-state index in [0.717, 1.165) is 52.3 Å². The van der Waals surface area contributed by atoms with Crippen LogP contribution in [0.3, 0.4) is 0 Å². The van der Waals surface area contributed by atoms with Gasteiger partial charge < -0.3 is 34.3 Å². The van der Waals surface area contributed by atoms with Crippen LogP contribution >= 0.6 is 11.3 Å². The Balaban J connectivity index is 1.09. The van der Waals surface area contributed by atoms with Crippen molar-refractivity contribution in [3.8, 4) is 22.1 Å². The number of halogens is 1. The highest BCUT2D eigenvalue weighted by Gasteiger charge is 2.23. The van der Waals surface area contributed by atoms with Gasteiger partial charge in [0.2, 0.25) is 0 Å². The maximum atomic E-state index is 15.0. The largest absolute Gasteiger partial charge is 0.453 e. The quantitative estimate of drug-likeness (QED) is 0.269. The molecule has 0 atom stereocenters. The number of urea groups is 1. The second kappa shape index (κ2) is 16.2. The van der Waals surface area contributed by atoms with Crippen LogP contribution in [0.5, 0.6) is 11.5 Å². The summed E-state index contributed by atoms with van der Waals surface area (Å²) in [6.07, 6.45) is 5.47. The third-order valence-electron chi connectivity index (χ3n) is 7.40. The number of thiophene rings is 1. The van der Waals surface area contributed by atoms with Gasteiger partial charge in [-0.2, -0.15) is 0 Å². The van der Waals surface area contributed by atoms with Crippen molar-refractivity contribution >= 4 is 33.3 Å². The number of anilines is 1. The molecule has 11 nitrogen and oxygen atoms in total. The van der Waals surface area contributed by atoms with Crippen molar-refractivity contribution in [1.82, 2.24) is 20.2 Å². The number of hydrogen-bond acceptors (Lipinski definition) is 10. The molecule has 1 aliphatic heterocycles. The molecule has 1 aromatic carbocycles. The summed E-state index contributed by atoms with van der Waals surface area (Å²) < 4.78 is 44.2. The topological polar surface area (TPSA) is 116 Å². The second-order valence-electron chi connectivity index (χ2n) is 11.0. The van der Waals surface area contributed by atoms with Crippen LogP contribution in [0.1, 0.15) is 18.4 Å². The normalized spacial score (nSPS) is 17.6. The van der Waals surface area contributed by atoms with Gasteiger partial charge in [0, 0.05) is 55.9 Å². The zero-order valence-corrected chi connectivity index (χ0v) is 26.4. The molecule has 1 aliphatic carbocycles. The van der Waals surface area contributed by atoms with Gasteiger partial charge in [-0.3, -0.25) is 14.9 Å². The van der Waals surface area contributed by atoms with Gasteiger partial charge in [-0.25, -0.2) is 9.18 Å². The van der Waals surface area contributed by atoms with E-state index in [-0.39, 0.29) is 17.8 Å². The zero-order valence-electron chi connectivity index (χ0n) is 25.5. The lowest BCUT2D eigenvalue weighted by Crippen LogP contribution is -2.31. The summed E-state index contributed by atoms with van der Waals surface area (Å²) in [6, 6.07) is 12.0. The Labute approximate surface area is 271 Å². The lowest BCUT2D eigenvalue weighted by molar-refractivity contribution is 0.00206. The lowest BCUT2D eigenvalue weighted by Gasteiger charge is -2.22. The van der Waals surface area contributed by atoms with Crippen molar-refractivity contribution in [3.63, 3.8) is 0 Å². The Bertz CT molecular complexity index is 1570. The first-order valence-electron chi connectivity index (χ1n) is 15.5. The molecule has 4 aromatic rings. The highest BCUT2D eigenvalue weighted by molar-refractivity contribution is 7.22. The van der Waals surface area contributed by atoms with Crippen molar-refractivity contribution in [2.45, 2.75) is 25.4 Å². The highest BCUT2D eigenvalue weighted by Crippen LogP contribution is 2.39. The van der Waals surface area contributed by atoms with E-state index in [0.29, 0.717) is 70.8 Å². The van der Waals surface area contributed by atoms with Crippen molar-refractivity contribution in [2.24, 2.45) is 0 Å². The predicted molar refractivity (Wildman–Crippen MR) is 173 cm³/mol. The molecule has 244 valence electrons. The molecule has 0 unspecified atom stereocenters. The summed E-state index contributed by atoms with van der Waals surface area (Å²) in [5, 5.41) is 5.48. The third-order valence-corrected chi connectivity index (χ3v) is 8.56. The zero-order chi connectivity index (χ0) is 31.6. The second-order valence-corrected chi connectivity index (χ2v) is 12.1. The molecular formula is C33H38FN5O6S. The smallest absolute Gasteiger partial charge is 0.319 e. The Morgan fingerprint density at radius 2 is 1.61 bits per heavy atom. The number of nitrogens with one attached hydrogen (secondary N) is 2. The Kier molecular flexibility index (Phi) is 11.4. The monoisotopic (exact) mass is 651 g/mol. The van der Waals surface area contributed by atoms with Crippen LogP contribution in [0, 0.1) is 5.82 Å². The SMILES string of the molecule is O=C(Nc1ccc(Oc2ccnc3cc(-c4ccc(CN5CCOCCOCCOCCOCC5)cn4)sc23)c(F)c1)NC1CC1. The Morgan fingerprint density at radius 1 is 0.891 bits per heavy atom. The molecule has 0 bridgehead atoms. The molecule has 6 rings (SSSR count). The first-order chi connectivity index (χ1) is 22.6. The Morgan fingerprint density at radius 3 is 2.26 bits per heavy atom. The van der Waals surface area contributed by atoms with Crippen LogP contribution in [0.25, 0.3) is 20.8 Å². The number of pyridine rings is 2. The highest BCUT2D eigenvalue weighted by atomic mass is 32.1. The van der Waals surface area contributed by atoms with E-state index in [2.05, 4.69) is 26.6 Å². The van der Waals surface area contributed by atoms with Crippen molar-refractivity contribution in [3.05, 3.63) is 66.2 Å². The van der Waals surface area contributed by atoms with Gasteiger partial charge in [0.25, 0.3) is 0 Å². The number of carbonyl (C=O) groups is 1. The molecule has 46 heavy (non-hydrogen) atoms. The molecule has 3 aromatic heterocycles. The minimum absolute atomic E-state index is 0.0545. The number of aromatic nitrogens is 2. The number of fused-ring (bicyclic) bond motifs is 1.